The number of likely N-dealkylation sites (tertiary alicyclic amines) is 1. The van der Waals surface area contributed by atoms with Crippen molar-refractivity contribution in [2.75, 3.05) is 13.6 Å². The fourth-order valence-electron chi connectivity index (χ4n) is 3.17. The number of likely N-dealkylation sites (N-methyl/N-ethyl adjacent to an activating group) is 1. The van der Waals surface area contributed by atoms with Crippen molar-refractivity contribution < 1.29 is 0 Å². The van der Waals surface area contributed by atoms with E-state index >= 15 is 0 Å². The minimum absolute atomic E-state index is 0.162. The lowest BCUT2D eigenvalue weighted by Gasteiger charge is -2.43. The predicted molar refractivity (Wildman–Crippen MR) is 55.7 cm³/mol. The number of hydrogen-bond donors (Lipinski definition) is 1. The van der Waals surface area contributed by atoms with Crippen molar-refractivity contribution in [3.8, 4) is 0 Å². The summed E-state index contributed by atoms with van der Waals surface area (Å²) in [5, 5.41) is 0. The van der Waals surface area contributed by atoms with E-state index in [1.54, 1.807) is 0 Å². The molecule has 1 atom stereocenters. The maximum Gasteiger partial charge on any atom is 0.0312 e. The van der Waals surface area contributed by atoms with Gasteiger partial charge >= 0.3 is 0 Å². The average molecular weight is 182 g/mol. The van der Waals surface area contributed by atoms with Gasteiger partial charge in [0.15, 0.2) is 0 Å². The Hall–Kier alpha value is -0.0800. The number of nitrogens with zero attached hydrogens (tertiary/aromatic N) is 1. The summed E-state index contributed by atoms with van der Waals surface area (Å²) in [5.41, 5.74) is 6.64. The molecule has 13 heavy (non-hydrogen) atoms. The molecule has 0 bridgehead atoms. The van der Waals surface area contributed by atoms with Crippen LogP contribution in [0, 0.1) is 0 Å². The lowest BCUT2D eigenvalue weighted by Crippen LogP contribution is -2.57. The maximum atomic E-state index is 6.48. The second kappa shape index (κ2) is 3.58. The van der Waals surface area contributed by atoms with E-state index in [1.807, 2.05) is 0 Å². The summed E-state index contributed by atoms with van der Waals surface area (Å²) in [6.07, 6.45) is 9.27. The lowest BCUT2D eigenvalue weighted by molar-refractivity contribution is 0.109. The maximum absolute atomic E-state index is 6.48. The molecule has 1 aliphatic heterocycles. The predicted octanol–water partition coefficient (Wildman–Crippen LogP) is 1.74. The molecule has 2 aliphatic rings. The summed E-state index contributed by atoms with van der Waals surface area (Å²) in [6.45, 7) is 1.25. The van der Waals surface area contributed by atoms with Crippen LogP contribution in [0.5, 0.6) is 0 Å². The van der Waals surface area contributed by atoms with E-state index in [2.05, 4.69) is 11.9 Å². The Morgan fingerprint density at radius 1 is 1.15 bits per heavy atom. The molecule has 0 aromatic carbocycles. The summed E-state index contributed by atoms with van der Waals surface area (Å²) < 4.78 is 0. The molecule has 2 rings (SSSR count). The van der Waals surface area contributed by atoms with Crippen LogP contribution in [0.15, 0.2) is 0 Å². The van der Waals surface area contributed by atoms with Crippen molar-refractivity contribution in [1.29, 1.82) is 0 Å². The molecule has 0 aromatic heterocycles. The number of piperidine rings is 1. The van der Waals surface area contributed by atoms with E-state index in [0.29, 0.717) is 6.04 Å². The molecule has 0 radical (unpaired) electrons. The number of hydrogen-bond acceptors (Lipinski definition) is 2. The van der Waals surface area contributed by atoms with Gasteiger partial charge < -0.3 is 10.6 Å². The van der Waals surface area contributed by atoms with Crippen molar-refractivity contribution in [2.24, 2.45) is 5.73 Å². The zero-order valence-electron chi connectivity index (χ0n) is 8.76. The van der Waals surface area contributed by atoms with Crippen LogP contribution in [-0.2, 0) is 0 Å². The van der Waals surface area contributed by atoms with Crippen molar-refractivity contribution in [1.82, 2.24) is 4.90 Å². The van der Waals surface area contributed by atoms with Crippen LogP contribution < -0.4 is 5.73 Å². The fourth-order valence-corrected chi connectivity index (χ4v) is 3.17. The molecule has 0 aromatic rings. The standard InChI is InChI=1S/C11H22N2/c1-13-9-5-2-6-10(13)11(12)7-3-4-8-11/h10H,2-9,12H2,1H3. The average Bonchev–Trinajstić information content (AvgIpc) is 2.54. The van der Waals surface area contributed by atoms with E-state index in [-0.39, 0.29) is 5.54 Å². The van der Waals surface area contributed by atoms with Crippen LogP contribution in [0.2, 0.25) is 0 Å². The highest BCUT2D eigenvalue weighted by molar-refractivity contribution is 5.00. The summed E-state index contributed by atoms with van der Waals surface area (Å²) in [4.78, 5) is 2.49. The number of rotatable bonds is 1. The smallest absolute Gasteiger partial charge is 0.0312 e. The zero-order chi connectivity index (χ0) is 9.31. The molecule has 1 unspecified atom stereocenters. The third-order valence-electron chi connectivity index (χ3n) is 3.97. The molecule has 1 saturated heterocycles. The Kier molecular flexibility index (Phi) is 2.61. The molecule has 2 heteroatoms. The first kappa shape index (κ1) is 9.47. The highest BCUT2D eigenvalue weighted by Crippen LogP contribution is 2.35. The van der Waals surface area contributed by atoms with Gasteiger partial charge in [0.1, 0.15) is 0 Å². The van der Waals surface area contributed by atoms with E-state index in [4.69, 9.17) is 5.73 Å². The largest absolute Gasteiger partial charge is 0.324 e. The Morgan fingerprint density at radius 2 is 1.85 bits per heavy atom. The van der Waals surface area contributed by atoms with Crippen molar-refractivity contribution in [3.63, 3.8) is 0 Å². The van der Waals surface area contributed by atoms with Crippen LogP contribution in [0.4, 0.5) is 0 Å². The molecule has 1 aliphatic carbocycles. The van der Waals surface area contributed by atoms with Gasteiger partial charge in [0.2, 0.25) is 0 Å². The molecule has 0 spiro atoms. The zero-order valence-corrected chi connectivity index (χ0v) is 8.76. The van der Waals surface area contributed by atoms with Gasteiger partial charge in [-0.15, -0.1) is 0 Å². The van der Waals surface area contributed by atoms with E-state index in [9.17, 15) is 0 Å². The van der Waals surface area contributed by atoms with Gasteiger partial charge in [-0.3, -0.25) is 0 Å². The van der Waals surface area contributed by atoms with Gasteiger partial charge in [0, 0.05) is 11.6 Å². The lowest BCUT2D eigenvalue weighted by atomic mass is 9.83. The van der Waals surface area contributed by atoms with Crippen LogP contribution in [0.3, 0.4) is 0 Å². The Balaban J connectivity index is 2.04. The Morgan fingerprint density at radius 3 is 2.46 bits per heavy atom. The van der Waals surface area contributed by atoms with Crippen LogP contribution >= 0.6 is 0 Å². The normalized spacial score (nSPS) is 35.1. The monoisotopic (exact) mass is 182 g/mol. The van der Waals surface area contributed by atoms with E-state index in [0.717, 1.165) is 0 Å². The molecule has 2 fully saturated rings. The molecule has 0 amide bonds. The highest BCUT2D eigenvalue weighted by atomic mass is 15.2. The van der Waals surface area contributed by atoms with Gasteiger partial charge in [-0.25, -0.2) is 0 Å². The molecular formula is C11H22N2. The van der Waals surface area contributed by atoms with Gasteiger partial charge in [-0.2, -0.15) is 0 Å². The van der Waals surface area contributed by atoms with Gasteiger partial charge in [0.25, 0.3) is 0 Å². The van der Waals surface area contributed by atoms with E-state index < -0.39 is 0 Å². The van der Waals surface area contributed by atoms with Crippen LogP contribution in [0.25, 0.3) is 0 Å². The van der Waals surface area contributed by atoms with Crippen molar-refractivity contribution >= 4 is 0 Å². The molecule has 1 saturated carbocycles. The van der Waals surface area contributed by atoms with Crippen molar-refractivity contribution in [3.05, 3.63) is 0 Å². The summed E-state index contributed by atoms with van der Waals surface area (Å²) in [7, 11) is 2.25. The van der Waals surface area contributed by atoms with Crippen LogP contribution in [-0.4, -0.2) is 30.1 Å². The molecule has 2 nitrogen and oxygen atoms in total. The number of nitrogens with two attached hydrogens (primary N) is 1. The van der Waals surface area contributed by atoms with Crippen molar-refractivity contribution in [2.45, 2.75) is 56.5 Å². The second-order valence-corrected chi connectivity index (χ2v) is 4.93. The fraction of sp³-hybridized carbons (Fsp3) is 1.00. The Bertz CT molecular complexity index is 173. The van der Waals surface area contributed by atoms with Gasteiger partial charge in [-0.05, 0) is 39.3 Å². The first-order chi connectivity index (χ1) is 6.22. The molecule has 1 heterocycles. The summed E-state index contributed by atoms with van der Waals surface area (Å²) in [5.74, 6) is 0. The summed E-state index contributed by atoms with van der Waals surface area (Å²) >= 11 is 0. The first-order valence-corrected chi connectivity index (χ1v) is 5.71. The van der Waals surface area contributed by atoms with Gasteiger partial charge in [-0.1, -0.05) is 19.3 Å². The summed E-state index contributed by atoms with van der Waals surface area (Å²) in [6, 6.07) is 0.670. The van der Waals surface area contributed by atoms with E-state index in [1.165, 1.54) is 51.5 Å². The third kappa shape index (κ3) is 1.75. The first-order valence-electron chi connectivity index (χ1n) is 5.71. The van der Waals surface area contributed by atoms with Gasteiger partial charge in [0.05, 0.1) is 0 Å². The molecule has 76 valence electrons. The molecule has 2 N–H and O–H groups in total. The Labute approximate surface area is 81.5 Å². The quantitative estimate of drug-likeness (QED) is 0.669. The minimum Gasteiger partial charge on any atom is -0.324 e. The minimum atomic E-state index is 0.162. The molecular weight excluding hydrogens is 160 g/mol. The second-order valence-electron chi connectivity index (χ2n) is 4.93. The highest BCUT2D eigenvalue weighted by Gasteiger charge is 2.40. The third-order valence-corrected chi connectivity index (χ3v) is 3.97. The SMILES string of the molecule is CN1CCCCC1C1(N)CCCC1. The topological polar surface area (TPSA) is 29.3 Å². The van der Waals surface area contributed by atoms with Crippen LogP contribution in [0.1, 0.15) is 44.9 Å².